The highest BCUT2D eigenvalue weighted by molar-refractivity contribution is 5.62. The molecule has 1 heterocycles. The highest BCUT2D eigenvalue weighted by Gasteiger charge is 2.21. The van der Waals surface area contributed by atoms with Crippen LogP contribution >= 0.6 is 0 Å². The van der Waals surface area contributed by atoms with Crippen molar-refractivity contribution in [1.29, 1.82) is 0 Å². The summed E-state index contributed by atoms with van der Waals surface area (Å²) in [7, 11) is 1.75. The predicted octanol–water partition coefficient (Wildman–Crippen LogP) is 3.11. The fourth-order valence-electron chi connectivity index (χ4n) is 2.39. The molecule has 1 aliphatic heterocycles. The van der Waals surface area contributed by atoms with E-state index in [2.05, 4.69) is 38.2 Å². The number of ether oxygens (including phenoxy) is 2. The second kappa shape index (κ2) is 6.42. The molecule has 3 nitrogen and oxygen atoms in total. The van der Waals surface area contributed by atoms with E-state index in [0.717, 1.165) is 18.9 Å². The average Bonchev–Trinajstić information content (AvgIpc) is 2.44. The molecule has 3 heteroatoms. The van der Waals surface area contributed by atoms with Crippen LogP contribution in [0.3, 0.4) is 0 Å². The van der Waals surface area contributed by atoms with Gasteiger partial charge in [0.25, 0.3) is 0 Å². The Hall–Kier alpha value is -1.32. The molecule has 0 fully saturated rings. The number of hydrogen-bond acceptors (Lipinski definition) is 3. The molecule has 0 bridgehead atoms. The molecule has 20 heavy (non-hydrogen) atoms. The zero-order valence-corrected chi connectivity index (χ0v) is 12.9. The maximum absolute atomic E-state index is 5.80. The Labute approximate surface area is 122 Å². The van der Waals surface area contributed by atoms with Gasteiger partial charge in [0.2, 0.25) is 0 Å². The second-order valence-corrected chi connectivity index (χ2v) is 6.25. The molecule has 1 aliphatic rings. The number of rotatable bonds is 6. The van der Waals surface area contributed by atoms with Crippen LogP contribution in [0.15, 0.2) is 29.8 Å². The van der Waals surface area contributed by atoms with Crippen LogP contribution in [0.1, 0.15) is 26.3 Å². The minimum Gasteiger partial charge on any atom is -0.489 e. The van der Waals surface area contributed by atoms with Gasteiger partial charge in [-0.3, -0.25) is 0 Å². The van der Waals surface area contributed by atoms with E-state index in [4.69, 9.17) is 9.47 Å². The summed E-state index contributed by atoms with van der Waals surface area (Å²) in [5.74, 6) is 0.975. The summed E-state index contributed by atoms with van der Waals surface area (Å²) < 4.78 is 11.1. The zero-order valence-electron chi connectivity index (χ0n) is 12.9. The number of nitrogens with one attached hydrogen (secondary N) is 1. The van der Waals surface area contributed by atoms with Crippen LogP contribution < -0.4 is 10.1 Å². The molecule has 0 saturated heterocycles. The number of methoxy groups -OCH3 is 1. The number of benzene rings is 1. The fraction of sp³-hybridized carbons (Fsp3) is 0.529. The minimum atomic E-state index is 0.136. The van der Waals surface area contributed by atoms with Crippen molar-refractivity contribution in [3.63, 3.8) is 0 Å². The van der Waals surface area contributed by atoms with E-state index in [-0.39, 0.29) is 5.41 Å². The molecular formula is C17H25NO2. The summed E-state index contributed by atoms with van der Waals surface area (Å²) in [6, 6.07) is 8.46. The molecule has 1 atom stereocenters. The topological polar surface area (TPSA) is 30.5 Å². The second-order valence-electron chi connectivity index (χ2n) is 6.25. The lowest BCUT2D eigenvalue weighted by Gasteiger charge is -2.28. The summed E-state index contributed by atoms with van der Waals surface area (Å²) in [4.78, 5) is 0. The molecule has 0 radical (unpaired) electrons. The monoisotopic (exact) mass is 275 g/mol. The Morgan fingerprint density at radius 2 is 2.10 bits per heavy atom. The molecule has 0 saturated carbocycles. The lowest BCUT2D eigenvalue weighted by molar-refractivity contribution is 0.102. The van der Waals surface area contributed by atoms with E-state index >= 15 is 0 Å². The van der Waals surface area contributed by atoms with Crippen LogP contribution in [-0.2, 0) is 4.74 Å². The first-order valence-corrected chi connectivity index (χ1v) is 7.16. The van der Waals surface area contributed by atoms with Gasteiger partial charge in [-0.05, 0) is 24.6 Å². The average molecular weight is 275 g/mol. The molecule has 0 amide bonds. The van der Waals surface area contributed by atoms with Gasteiger partial charge in [0.15, 0.2) is 0 Å². The van der Waals surface area contributed by atoms with Crippen molar-refractivity contribution in [2.24, 2.45) is 5.41 Å². The van der Waals surface area contributed by atoms with Gasteiger partial charge in [0.05, 0.1) is 6.61 Å². The maximum atomic E-state index is 5.80. The van der Waals surface area contributed by atoms with E-state index in [1.54, 1.807) is 7.11 Å². The quantitative estimate of drug-likeness (QED) is 0.865. The van der Waals surface area contributed by atoms with Crippen LogP contribution in [0.2, 0.25) is 0 Å². The van der Waals surface area contributed by atoms with Gasteiger partial charge in [0, 0.05) is 30.7 Å². The van der Waals surface area contributed by atoms with Gasteiger partial charge in [-0.15, -0.1) is 0 Å². The molecule has 1 N–H and O–H groups in total. The third-order valence-electron chi connectivity index (χ3n) is 3.63. The van der Waals surface area contributed by atoms with Crippen molar-refractivity contribution in [3.05, 3.63) is 35.4 Å². The Morgan fingerprint density at radius 3 is 2.85 bits per heavy atom. The van der Waals surface area contributed by atoms with Crippen LogP contribution in [-0.4, -0.2) is 32.9 Å². The van der Waals surface area contributed by atoms with Gasteiger partial charge in [0.1, 0.15) is 12.4 Å². The third kappa shape index (κ3) is 3.84. The highest BCUT2D eigenvalue weighted by Crippen LogP contribution is 2.27. The lowest BCUT2D eigenvalue weighted by Crippen LogP contribution is -2.39. The van der Waals surface area contributed by atoms with Crippen molar-refractivity contribution >= 4 is 6.08 Å². The third-order valence-corrected chi connectivity index (χ3v) is 3.63. The van der Waals surface area contributed by atoms with Crippen LogP contribution in [0.4, 0.5) is 0 Å². The molecule has 0 aliphatic carbocycles. The van der Waals surface area contributed by atoms with Crippen molar-refractivity contribution in [3.8, 4) is 5.75 Å². The molecule has 2 rings (SSSR count). The largest absolute Gasteiger partial charge is 0.489 e. The number of hydrogen-bond donors (Lipinski definition) is 1. The van der Waals surface area contributed by atoms with Crippen molar-refractivity contribution in [1.82, 2.24) is 5.32 Å². The van der Waals surface area contributed by atoms with E-state index in [1.807, 2.05) is 18.2 Å². The zero-order chi connectivity index (χ0) is 14.6. The lowest BCUT2D eigenvalue weighted by atomic mass is 9.93. The van der Waals surface area contributed by atoms with Crippen LogP contribution in [0.5, 0.6) is 5.75 Å². The summed E-state index contributed by atoms with van der Waals surface area (Å²) in [6.07, 6.45) is 2.24. The smallest absolute Gasteiger partial charge is 0.127 e. The van der Waals surface area contributed by atoms with Gasteiger partial charge < -0.3 is 14.8 Å². The number of fused-ring (bicyclic) bond motifs is 1. The highest BCUT2D eigenvalue weighted by atomic mass is 16.5. The molecule has 1 unspecified atom stereocenters. The van der Waals surface area contributed by atoms with Crippen molar-refractivity contribution < 1.29 is 9.47 Å². The molecule has 1 aromatic rings. The predicted molar refractivity (Wildman–Crippen MR) is 83.0 cm³/mol. The first kappa shape index (κ1) is 15.1. The molecule has 0 aromatic heterocycles. The Kier molecular flexibility index (Phi) is 4.84. The summed E-state index contributed by atoms with van der Waals surface area (Å²) in [5.41, 5.74) is 2.59. The van der Waals surface area contributed by atoms with E-state index < -0.39 is 0 Å². The summed E-state index contributed by atoms with van der Waals surface area (Å²) >= 11 is 0. The van der Waals surface area contributed by atoms with Crippen molar-refractivity contribution in [2.45, 2.75) is 26.8 Å². The molecule has 110 valence electrons. The van der Waals surface area contributed by atoms with Crippen LogP contribution in [0.25, 0.3) is 6.08 Å². The maximum Gasteiger partial charge on any atom is 0.127 e. The normalized spacial score (nSPS) is 16.1. The van der Waals surface area contributed by atoms with E-state index in [0.29, 0.717) is 12.6 Å². The fourth-order valence-corrected chi connectivity index (χ4v) is 2.39. The number of para-hydroxylation sites is 1. The standard InChI is InChI=1S/C17H25NO2/c1-13(18-11-17(2,3)12-19-4)15-9-14-7-5-6-8-16(14)20-10-15/h5-9,13,18H,10-12H2,1-4H3. The van der Waals surface area contributed by atoms with E-state index in [1.165, 1.54) is 11.1 Å². The molecule has 1 aromatic carbocycles. The Bertz CT molecular complexity index is 480. The molecule has 0 spiro atoms. The van der Waals surface area contributed by atoms with Gasteiger partial charge in [-0.25, -0.2) is 0 Å². The minimum absolute atomic E-state index is 0.136. The molecular weight excluding hydrogens is 250 g/mol. The van der Waals surface area contributed by atoms with Crippen LogP contribution in [0, 0.1) is 5.41 Å². The first-order chi connectivity index (χ1) is 9.52. The Morgan fingerprint density at radius 1 is 1.35 bits per heavy atom. The van der Waals surface area contributed by atoms with Gasteiger partial charge in [-0.1, -0.05) is 32.0 Å². The van der Waals surface area contributed by atoms with Gasteiger partial charge in [-0.2, -0.15) is 0 Å². The van der Waals surface area contributed by atoms with Crippen molar-refractivity contribution in [2.75, 3.05) is 26.9 Å². The summed E-state index contributed by atoms with van der Waals surface area (Å²) in [6.45, 7) is 8.93. The van der Waals surface area contributed by atoms with Gasteiger partial charge >= 0.3 is 0 Å². The Balaban J connectivity index is 1.97. The van der Waals surface area contributed by atoms with E-state index in [9.17, 15) is 0 Å². The summed E-state index contributed by atoms with van der Waals surface area (Å²) in [5, 5.41) is 3.58. The SMILES string of the molecule is COCC(C)(C)CNC(C)C1=Cc2ccccc2OC1. The first-order valence-electron chi connectivity index (χ1n) is 7.16.